The average Bonchev–Trinajstić information content (AvgIpc) is 2.84. The number of aldehydes is 1. The number of ether oxygens (including phenoxy) is 1. The minimum atomic E-state index is -0.388. The van der Waals surface area contributed by atoms with Gasteiger partial charge in [-0.1, -0.05) is 5.16 Å². The van der Waals surface area contributed by atoms with E-state index in [9.17, 15) is 9.18 Å². The van der Waals surface area contributed by atoms with Crippen LogP contribution >= 0.6 is 0 Å². The highest BCUT2D eigenvalue weighted by atomic mass is 19.1. The van der Waals surface area contributed by atoms with Crippen molar-refractivity contribution in [2.75, 3.05) is 6.67 Å². The summed E-state index contributed by atoms with van der Waals surface area (Å²) in [6, 6.07) is 3.24. The standard InChI is InChI=1S/C14H15FN2O3/c1-10-12(13(17-20-10)3-2-6-15)9-19-14-5-4-11(8-18)7-16-14/h4-5,7-8H,2-3,6,9H2,1H3. The maximum Gasteiger partial charge on any atom is 0.213 e. The van der Waals surface area contributed by atoms with Gasteiger partial charge in [-0.3, -0.25) is 9.18 Å². The van der Waals surface area contributed by atoms with Crippen LogP contribution in [0.25, 0.3) is 0 Å². The zero-order valence-electron chi connectivity index (χ0n) is 11.1. The number of rotatable bonds is 7. The third kappa shape index (κ3) is 3.40. The Morgan fingerprint density at radius 1 is 1.45 bits per heavy atom. The molecule has 2 rings (SSSR count). The Kier molecular flexibility index (Phi) is 4.81. The lowest BCUT2D eigenvalue weighted by Crippen LogP contribution is -2.02. The van der Waals surface area contributed by atoms with E-state index in [1.807, 2.05) is 0 Å². The third-order valence-electron chi connectivity index (χ3n) is 2.87. The first kappa shape index (κ1) is 14.2. The lowest BCUT2D eigenvalue weighted by Gasteiger charge is -2.05. The molecule has 0 saturated carbocycles. The third-order valence-corrected chi connectivity index (χ3v) is 2.87. The summed E-state index contributed by atoms with van der Waals surface area (Å²) in [5.74, 6) is 1.07. The van der Waals surface area contributed by atoms with Crippen LogP contribution in [0, 0.1) is 6.92 Å². The second kappa shape index (κ2) is 6.79. The molecule has 5 nitrogen and oxygen atoms in total. The van der Waals surface area contributed by atoms with Gasteiger partial charge in [-0.05, 0) is 25.8 Å². The predicted molar refractivity (Wildman–Crippen MR) is 69.5 cm³/mol. The predicted octanol–water partition coefficient (Wildman–Crippen LogP) is 2.67. The molecule has 0 N–H and O–H groups in total. The van der Waals surface area contributed by atoms with Crippen molar-refractivity contribution < 1.29 is 18.4 Å². The number of pyridine rings is 1. The molecule has 0 fully saturated rings. The molecule has 0 saturated heterocycles. The summed E-state index contributed by atoms with van der Waals surface area (Å²) >= 11 is 0. The first-order chi connectivity index (χ1) is 9.74. The number of halogens is 1. The van der Waals surface area contributed by atoms with Crippen LogP contribution in [0.15, 0.2) is 22.9 Å². The van der Waals surface area contributed by atoms with E-state index in [0.717, 1.165) is 11.8 Å². The van der Waals surface area contributed by atoms with Gasteiger partial charge in [0.2, 0.25) is 5.88 Å². The van der Waals surface area contributed by atoms with Crippen LogP contribution < -0.4 is 4.74 Å². The Bertz CT molecular complexity index is 566. The van der Waals surface area contributed by atoms with Crippen LogP contribution in [0.1, 0.15) is 33.8 Å². The molecule has 0 aliphatic heterocycles. The van der Waals surface area contributed by atoms with Crippen LogP contribution in [-0.2, 0) is 13.0 Å². The van der Waals surface area contributed by atoms with Gasteiger partial charge in [0.05, 0.1) is 17.9 Å². The first-order valence-corrected chi connectivity index (χ1v) is 6.28. The highest BCUT2D eigenvalue weighted by Crippen LogP contribution is 2.18. The zero-order valence-corrected chi connectivity index (χ0v) is 11.1. The van der Waals surface area contributed by atoms with Gasteiger partial charge in [0.25, 0.3) is 0 Å². The Labute approximate surface area is 115 Å². The molecule has 2 aromatic heterocycles. The van der Waals surface area contributed by atoms with E-state index >= 15 is 0 Å². The molecule has 0 bridgehead atoms. The molecule has 0 atom stereocenters. The molecular formula is C14H15FN2O3. The monoisotopic (exact) mass is 278 g/mol. The van der Waals surface area contributed by atoms with Crippen LogP contribution in [0.2, 0.25) is 0 Å². The molecule has 2 aromatic rings. The van der Waals surface area contributed by atoms with Crippen molar-refractivity contribution >= 4 is 6.29 Å². The highest BCUT2D eigenvalue weighted by molar-refractivity contribution is 5.73. The summed E-state index contributed by atoms with van der Waals surface area (Å²) in [5, 5.41) is 3.90. The van der Waals surface area contributed by atoms with Crippen LogP contribution in [0.5, 0.6) is 5.88 Å². The SMILES string of the molecule is Cc1onc(CCCF)c1COc1ccc(C=O)cn1. The van der Waals surface area contributed by atoms with Gasteiger partial charge >= 0.3 is 0 Å². The number of aryl methyl sites for hydroxylation is 2. The number of carbonyl (C=O) groups is 1. The fraction of sp³-hybridized carbons (Fsp3) is 0.357. The zero-order chi connectivity index (χ0) is 14.4. The summed E-state index contributed by atoms with van der Waals surface area (Å²) in [7, 11) is 0. The number of carbonyl (C=O) groups excluding carboxylic acids is 1. The lowest BCUT2D eigenvalue weighted by molar-refractivity contribution is 0.112. The van der Waals surface area contributed by atoms with Crippen molar-refractivity contribution in [2.24, 2.45) is 0 Å². The minimum Gasteiger partial charge on any atom is -0.473 e. The lowest BCUT2D eigenvalue weighted by atomic mass is 10.1. The summed E-state index contributed by atoms with van der Waals surface area (Å²) in [6.07, 6.45) is 3.08. The Hall–Kier alpha value is -2.24. The van der Waals surface area contributed by atoms with E-state index < -0.39 is 0 Å². The Balaban J connectivity index is 2.02. The van der Waals surface area contributed by atoms with Crippen molar-refractivity contribution in [1.29, 1.82) is 0 Å². The molecule has 0 spiro atoms. The molecular weight excluding hydrogens is 263 g/mol. The highest BCUT2D eigenvalue weighted by Gasteiger charge is 2.13. The summed E-state index contributed by atoms with van der Waals surface area (Å²) in [6.45, 7) is 1.65. The van der Waals surface area contributed by atoms with Gasteiger partial charge in [-0.25, -0.2) is 4.98 Å². The molecule has 106 valence electrons. The van der Waals surface area contributed by atoms with E-state index in [4.69, 9.17) is 9.26 Å². The number of hydrogen-bond acceptors (Lipinski definition) is 5. The Morgan fingerprint density at radius 2 is 2.30 bits per heavy atom. The van der Waals surface area contributed by atoms with E-state index in [1.54, 1.807) is 19.1 Å². The number of alkyl halides is 1. The molecule has 0 amide bonds. The van der Waals surface area contributed by atoms with Gasteiger partial charge in [-0.15, -0.1) is 0 Å². The molecule has 20 heavy (non-hydrogen) atoms. The Morgan fingerprint density at radius 3 is 2.95 bits per heavy atom. The first-order valence-electron chi connectivity index (χ1n) is 6.28. The molecule has 0 aliphatic rings. The smallest absolute Gasteiger partial charge is 0.213 e. The average molecular weight is 278 g/mol. The van der Waals surface area contributed by atoms with Gasteiger partial charge in [0.15, 0.2) is 6.29 Å². The van der Waals surface area contributed by atoms with Crippen molar-refractivity contribution in [2.45, 2.75) is 26.4 Å². The maximum absolute atomic E-state index is 12.2. The number of hydrogen-bond donors (Lipinski definition) is 0. The van der Waals surface area contributed by atoms with Crippen molar-refractivity contribution in [3.63, 3.8) is 0 Å². The van der Waals surface area contributed by atoms with Crippen LogP contribution in [0.4, 0.5) is 4.39 Å². The number of aromatic nitrogens is 2. The molecule has 0 unspecified atom stereocenters. The van der Waals surface area contributed by atoms with Gasteiger partial charge < -0.3 is 9.26 Å². The van der Waals surface area contributed by atoms with Gasteiger partial charge in [-0.2, -0.15) is 0 Å². The minimum absolute atomic E-state index is 0.254. The van der Waals surface area contributed by atoms with E-state index in [0.29, 0.717) is 35.7 Å². The number of nitrogens with zero attached hydrogens (tertiary/aromatic N) is 2. The topological polar surface area (TPSA) is 65.2 Å². The van der Waals surface area contributed by atoms with Crippen LogP contribution in [-0.4, -0.2) is 23.1 Å². The van der Waals surface area contributed by atoms with Gasteiger partial charge in [0.1, 0.15) is 12.4 Å². The largest absolute Gasteiger partial charge is 0.473 e. The van der Waals surface area contributed by atoms with Crippen molar-refractivity contribution in [3.8, 4) is 5.88 Å². The molecule has 0 radical (unpaired) electrons. The second-order valence-electron chi connectivity index (χ2n) is 4.29. The van der Waals surface area contributed by atoms with Crippen LogP contribution in [0.3, 0.4) is 0 Å². The fourth-order valence-electron chi connectivity index (χ4n) is 1.75. The summed E-state index contributed by atoms with van der Waals surface area (Å²) < 4.78 is 22.8. The quantitative estimate of drug-likeness (QED) is 0.728. The van der Waals surface area contributed by atoms with Crippen molar-refractivity contribution in [3.05, 3.63) is 40.9 Å². The van der Waals surface area contributed by atoms with Crippen molar-refractivity contribution in [1.82, 2.24) is 10.1 Å². The maximum atomic E-state index is 12.2. The molecule has 6 heteroatoms. The summed E-state index contributed by atoms with van der Waals surface area (Å²) in [4.78, 5) is 14.5. The van der Waals surface area contributed by atoms with E-state index in [-0.39, 0.29) is 13.3 Å². The fourth-order valence-corrected chi connectivity index (χ4v) is 1.75. The van der Waals surface area contributed by atoms with E-state index in [1.165, 1.54) is 6.20 Å². The van der Waals surface area contributed by atoms with Gasteiger partial charge in [0, 0.05) is 17.8 Å². The molecule has 2 heterocycles. The van der Waals surface area contributed by atoms with E-state index in [2.05, 4.69) is 10.1 Å². The second-order valence-corrected chi connectivity index (χ2v) is 4.29. The summed E-state index contributed by atoms with van der Waals surface area (Å²) in [5.41, 5.74) is 2.02. The molecule has 0 aromatic carbocycles. The molecule has 0 aliphatic carbocycles. The normalized spacial score (nSPS) is 10.5.